The summed E-state index contributed by atoms with van der Waals surface area (Å²) in [5.41, 5.74) is 1.28. The molecule has 0 aromatic rings. The Bertz CT molecular complexity index is 147. The summed E-state index contributed by atoms with van der Waals surface area (Å²) in [6.07, 6.45) is 6.76. The van der Waals surface area contributed by atoms with Crippen LogP contribution in [0.5, 0.6) is 0 Å². The van der Waals surface area contributed by atoms with Gasteiger partial charge in [-0.15, -0.1) is 6.58 Å². The number of rotatable bonds is 3. The molecule has 0 aromatic heterocycles. The van der Waals surface area contributed by atoms with E-state index in [1.807, 2.05) is 0 Å². The van der Waals surface area contributed by atoms with Gasteiger partial charge in [0.25, 0.3) is 0 Å². The van der Waals surface area contributed by atoms with Crippen molar-refractivity contribution in [1.29, 1.82) is 0 Å². The van der Waals surface area contributed by atoms with E-state index in [4.69, 9.17) is 0 Å². The third kappa shape index (κ3) is 2.36. The summed E-state index contributed by atoms with van der Waals surface area (Å²) >= 11 is 0. The molecule has 0 aliphatic carbocycles. The second kappa shape index (κ2) is 3.57. The summed E-state index contributed by atoms with van der Waals surface area (Å²) in [6, 6.07) is 0.608. The molecule has 1 heteroatoms. The second-order valence-electron chi connectivity index (χ2n) is 2.94. The minimum atomic E-state index is 0.608. The molecule has 0 amide bonds. The molecular formula is C9H15N. The summed E-state index contributed by atoms with van der Waals surface area (Å²) in [5, 5.41) is 3.36. The number of hydrogen-bond donors (Lipinski definition) is 1. The number of nitrogens with one attached hydrogen (secondary N) is 1. The van der Waals surface area contributed by atoms with Crippen molar-refractivity contribution in [2.75, 3.05) is 6.54 Å². The molecule has 1 N–H and O–H groups in total. The van der Waals surface area contributed by atoms with E-state index in [-0.39, 0.29) is 0 Å². The minimum absolute atomic E-state index is 0.608. The zero-order valence-corrected chi connectivity index (χ0v) is 6.56. The van der Waals surface area contributed by atoms with E-state index in [9.17, 15) is 0 Å². The summed E-state index contributed by atoms with van der Waals surface area (Å²) in [4.78, 5) is 0. The molecule has 0 fully saturated rings. The summed E-state index contributed by atoms with van der Waals surface area (Å²) in [6.45, 7) is 6.99. The van der Waals surface area contributed by atoms with Crippen molar-refractivity contribution in [3.8, 4) is 0 Å². The highest BCUT2D eigenvalue weighted by Gasteiger charge is 2.06. The fourth-order valence-electron chi connectivity index (χ4n) is 1.12. The SMILES string of the molecule is C=C(C)CCC1C=CCN1. The van der Waals surface area contributed by atoms with Gasteiger partial charge < -0.3 is 5.32 Å². The van der Waals surface area contributed by atoms with Crippen molar-refractivity contribution in [3.63, 3.8) is 0 Å². The van der Waals surface area contributed by atoms with E-state index in [1.54, 1.807) is 0 Å². The van der Waals surface area contributed by atoms with Crippen LogP contribution in [-0.4, -0.2) is 12.6 Å². The van der Waals surface area contributed by atoms with Crippen LogP contribution in [0.25, 0.3) is 0 Å². The van der Waals surface area contributed by atoms with Gasteiger partial charge in [-0.2, -0.15) is 0 Å². The third-order valence-corrected chi connectivity index (χ3v) is 1.75. The van der Waals surface area contributed by atoms with Crippen LogP contribution < -0.4 is 5.32 Å². The van der Waals surface area contributed by atoms with Crippen LogP contribution in [0.1, 0.15) is 19.8 Å². The van der Waals surface area contributed by atoms with Crippen LogP contribution >= 0.6 is 0 Å². The molecule has 1 aliphatic heterocycles. The minimum Gasteiger partial charge on any atom is -0.307 e. The summed E-state index contributed by atoms with van der Waals surface area (Å²) < 4.78 is 0. The lowest BCUT2D eigenvalue weighted by molar-refractivity contribution is 0.615. The predicted octanol–water partition coefficient (Wildman–Crippen LogP) is 1.87. The van der Waals surface area contributed by atoms with Gasteiger partial charge in [0, 0.05) is 12.6 Å². The maximum Gasteiger partial charge on any atom is 0.0256 e. The van der Waals surface area contributed by atoms with E-state index < -0.39 is 0 Å². The maximum absolute atomic E-state index is 3.86. The van der Waals surface area contributed by atoms with Gasteiger partial charge in [-0.05, 0) is 19.8 Å². The molecule has 1 nitrogen and oxygen atoms in total. The second-order valence-corrected chi connectivity index (χ2v) is 2.94. The highest BCUT2D eigenvalue weighted by Crippen LogP contribution is 2.07. The van der Waals surface area contributed by atoms with Crippen LogP contribution in [0.15, 0.2) is 24.3 Å². The van der Waals surface area contributed by atoms with Crippen LogP contribution in [0.4, 0.5) is 0 Å². The molecule has 1 rings (SSSR count). The van der Waals surface area contributed by atoms with Crippen molar-refractivity contribution in [2.24, 2.45) is 0 Å². The molecule has 0 spiro atoms. The van der Waals surface area contributed by atoms with E-state index in [2.05, 4.69) is 31.0 Å². The van der Waals surface area contributed by atoms with Gasteiger partial charge in [0.2, 0.25) is 0 Å². The van der Waals surface area contributed by atoms with Crippen LogP contribution in [0.2, 0.25) is 0 Å². The molecule has 10 heavy (non-hydrogen) atoms. The van der Waals surface area contributed by atoms with Crippen LogP contribution in [-0.2, 0) is 0 Å². The van der Waals surface area contributed by atoms with Crippen molar-refractivity contribution in [1.82, 2.24) is 5.32 Å². The lowest BCUT2D eigenvalue weighted by atomic mass is 10.1. The van der Waals surface area contributed by atoms with E-state index >= 15 is 0 Å². The number of hydrogen-bond acceptors (Lipinski definition) is 1. The quantitative estimate of drug-likeness (QED) is 0.585. The Kier molecular flexibility index (Phi) is 2.69. The Morgan fingerprint density at radius 3 is 3.10 bits per heavy atom. The zero-order chi connectivity index (χ0) is 7.40. The highest BCUT2D eigenvalue weighted by molar-refractivity contribution is 5.03. The Balaban J connectivity index is 2.13. The van der Waals surface area contributed by atoms with Gasteiger partial charge in [0.05, 0.1) is 0 Å². The summed E-state index contributed by atoms with van der Waals surface area (Å²) in [5.74, 6) is 0. The average molecular weight is 137 g/mol. The number of allylic oxidation sites excluding steroid dienone is 1. The molecule has 1 heterocycles. The van der Waals surface area contributed by atoms with Crippen molar-refractivity contribution in [2.45, 2.75) is 25.8 Å². The monoisotopic (exact) mass is 137 g/mol. The van der Waals surface area contributed by atoms with Gasteiger partial charge in [-0.25, -0.2) is 0 Å². The van der Waals surface area contributed by atoms with Crippen molar-refractivity contribution < 1.29 is 0 Å². The fraction of sp³-hybridized carbons (Fsp3) is 0.556. The molecule has 0 aromatic carbocycles. The molecular weight excluding hydrogens is 122 g/mol. The van der Waals surface area contributed by atoms with Crippen LogP contribution in [0.3, 0.4) is 0 Å². The first-order chi connectivity index (χ1) is 4.79. The van der Waals surface area contributed by atoms with Gasteiger partial charge in [-0.3, -0.25) is 0 Å². The lowest BCUT2D eigenvalue weighted by Gasteiger charge is -2.07. The molecule has 1 aliphatic rings. The normalized spacial score (nSPS) is 23.5. The average Bonchev–Trinajstić information content (AvgIpc) is 2.34. The smallest absolute Gasteiger partial charge is 0.0256 e. The largest absolute Gasteiger partial charge is 0.307 e. The van der Waals surface area contributed by atoms with Gasteiger partial charge in [0.1, 0.15) is 0 Å². The standard InChI is InChI=1S/C9H15N/c1-8(2)5-6-9-4-3-7-10-9/h3-4,9-10H,1,5-7H2,2H3. The first kappa shape index (κ1) is 7.55. The maximum atomic E-state index is 3.86. The van der Waals surface area contributed by atoms with E-state index in [0.29, 0.717) is 6.04 Å². The molecule has 0 bridgehead atoms. The Morgan fingerprint density at radius 1 is 1.80 bits per heavy atom. The lowest BCUT2D eigenvalue weighted by Crippen LogP contribution is -2.21. The van der Waals surface area contributed by atoms with Crippen molar-refractivity contribution >= 4 is 0 Å². The van der Waals surface area contributed by atoms with E-state index in [1.165, 1.54) is 12.0 Å². The fourth-order valence-corrected chi connectivity index (χ4v) is 1.12. The molecule has 56 valence electrons. The predicted molar refractivity (Wildman–Crippen MR) is 45.0 cm³/mol. The summed E-state index contributed by atoms with van der Waals surface area (Å²) in [7, 11) is 0. The van der Waals surface area contributed by atoms with Gasteiger partial charge in [0.15, 0.2) is 0 Å². The Labute approximate surface area is 62.8 Å². The first-order valence-corrected chi connectivity index (χ1v) is 3.83. The molecule has 1 atom stereocenters. The van der Waals surface area contributed by atoms with Gasteiger partial charge >= 0.3 is 0 Å². The highest BCUT2D eigenvalue weighted by atomic mass is 14.9. The zero-order valence-electron chi connectivity index (χ0n) is 6.56. The molecule has 0 saturated heterocycles. The third-order valence-electron chi connectivity index (χ3n) is 1.75. The molecule has 1 unspecified atom stereocenters. The van der Waals surface area contributed by atoms with Gasteiger partial charge in [-0.1, -0.05) is 17.7 Å². The molecule has 0 radical (unpaired) electrons. The van der Waals surface area contributed by atoms with Crippen LogP contribution in [0, 0.1) is 0 Å². The first-order valence-electron chi connectivity index (χ1n) is 3.83. The topological polar surface area (TPSA) is 12.0 Å². The molecule has 0 saturated carbocycles. The Hall–Kier alpha value is -0.560. The van der Waals surface area contributed by atoms with Crippen molar-refractivity contribution in [3.05, 3.63) is 24.3 Å². The van der Waals surface area contributed by atoms with E-state index in [0.717, 1.165) is 13.0 Å². The Morgan fingerprint density at radius 2 is 2.60 bits per heavy atom.